The number of hydrogen-bond acceptors (Lipinski definition) is 3. The molecule has 2 aromatic rings. The largest absolute Gasteiger partial charge is 0.387 e. The summed E-state index contributed by atoms with van der Waals surface area (Å²) in [6.45, 7) is 2.60. The normalized spacial score (nSPS) is 21.2. The Morgan fingerprint density at radius 2 is 1.90 bits per heavy atom. The third-order valence-corrected chi connectivity index (χ3v) is 6.47. The van der Waals surface area contributed by atoms with Crippen LogP contribution in [-0.4, -0.2) is 54.8 Å². The fraction of sp³-hybridized carbons (Fsp3) is 0.391. The van der Waals surface area contributed by atoms with Crippen molar-refractivity contribution in [1.29, 1.82) is 0 Å². The van der Waals surface area contributed by atoms with Crippen LogP contribution in [0.5, 0.6) is 0 Å². The minimum atomic E-state index is -0.426. The molecule has 0 aromatic heterocycles. The van der Waals surface area contributed by atoms with Crippen molar-refractivity contribution in [1.82, 2.24) is 9.80 Å². The Balaban J connectivity index is 1.43. The summed E-state index contributed by atoms with van der Waals surface area (Å²) in [6.07, 6.45) is 2.41. The predicted molar refractivity (Wildman–Crippen MR) is 115 cm³/mol. The lowest BCUT2D eigenvalue weighted by atomic mass is 9.85. The number of carbonyl (C=O) groups is 2. The lowest BCUT2D eigenvalue weighted by molar-refractivity contribution is -0.135. The fourth-order valence-corrected chi connectivity index (χ4v) is 4.69. The monoisotopic (exact) mass is 411 g/mol. The summed E-state index contributed by atoms with van der Waals surface area (Å²) in [5, 5.41) is 3.59. The molecule has 0 radical (unpaired) electrons. The predicted octanol–water partition coefficient (Wildman–Crippen LogP) is 3.69. The fourth-order valence-electron chi connectivity index (χ4n) is 4.52. The van der Waals surface area contributed by atoms with Crippen LogP contribution in [-0.2, 0) is 11.2 Å². The van der Waals surface area contributed by atoms with Crippen LogP contribution in [0, 0.1) is 5.41 Å². The highest BCUT2D eigenvalue weighted by Gasteiger charge is 2.51. The molecule has 0 bridgehead atoms. The van der Waals surface area contributed by atoms with Crippen LogP contribution >= 0.6 is 11.6 Å². The van der Waals surface area contributed by atoms with E-state index in [0.29, 0.717) is 23.7 Å². The number of anilines is 1. The Morgan fingerprint density at radius 3 is 2.66 bits per heavy atom. The average molecular weight is 412 g/mol. The van der Waals surface area contributed by atoms with E-state index >= 15 is 0 Å². The van der Waals surface area contributed by atoms with Gasteiger partial charge in [0, 0.05) is 43.9 Å². The summed E-state index contributed by atoms with van der Waals surface area (Å²) in [6, 6.07) is 15.5. The summed E-state index contributed by atoms with van der Waals surface area (Å²) >= 11 is 6.11. The number of benzene rings is 2. The summed E-state index contributed by atoms with van der Waals surface area (Å²) in [5.41, 5.74) is 2.13. The molecule has 152 valence electrons. The molecule has 1 atom stereocenters. The molecule has 1 N–H and O–H groups in total. The summed E-state index contributed by atoms with van der Waals surface area (Å²) in [5.74, 6) is 0.132. The molecule has 4 rings (SSSR count). The molecular formula is C23H26ClN3O2. The molecule has 1 unspecified atom stereocenters. The maximum atomic E-state index is 13.2. The molecule has 2 aromatic carbocycles. The average Bonchev–Trinajstić information content (AvgIpc) is 3.31. The van der Waals surface area contributed by atoms with Gasteiger partial charge in [-0.05, 0) is 43.0 Å². The van der Waals surface area contributed by atoms with Gasteiger partial charge in [-0.3, -0.25) is 9.59 Å². The van der Waals surface area contributed by atoms with Gasteiger partial charge in [0.2, 0.25) is 5.91 Å². The molecule has 1 spiro atoms. The van der Waals surface area contributed by atoms with Crippen molar-refractivity contribution in [3.63, 3.8) is 0 Å². The number of hydrogen-bond donors (Lipinski definition) is 1. The second kappa shape index (κ2) is 8.07. The second-order valence-corrected chi connectivity index (χ2v) is 8.41. The van der Waals surface area contributed by atoms with E-state index < -0.39 is 5.41 Å². The minimum absolute atomic E-state index is 0.0655. The number of nitrogens with one attached hydrogen (secondary N) is 1. The zero-order chi connectivity index (χ0) is 20.4. The van der Waals surface area contributed by atoms with Crippen molar-refractivity contribution in [2.45, 2.75) is 19.3 Å². The Morgan fingerprint density at radius 1 is 1.14 bits per heavy atom. The molecule has 2 amide bonds. The Kier molecular flexibility index (Phi) is 5.50. The Bertz CT molecular complexity index is 918. The van der Waals surface area contributed by atoms with Crippen molar-refractivity contribution in [2.24, 2.45) is 5.41 Å². The molecule has 5 nitrogen and oxygen atoms in total. The highest BCUT2D eigenvalue weighted by atomic mass is 35.5. The lowest BCUT2D eigenvalue weighted by Gasteiger charge is -2.24. The molecule has 6 heteroatoms. The van der Waals surface area contributed by atoms with Crippen LogP contribution in [0.3, 0.4) is 0 Å². The van der Waals surface area contributed by atoms with Crippen molar-refractivity contribution < 1.29 is 9.59 Å². The molecule has 2 heterocycles. The topological polar surface area (TPSA) is 52.7 Å². The lowest BCUT2D eigenvalue weighted by Crippen LogP contribution is -2.39. The first-order valence-electron chi connectivity index (χ1n) is 10.1. The third kappa shape index (κ3) is 3.84. The summed E-state index contributed by atoms with van der Waals surface area (Å²) in [4.78, 5) is 30.1. The van der Waals surface area contributed by atoms with Gasteiger partial charge in [0.25, 0.3) is 5.91 Å². The molecule has 29 heavy (non-hydrogen) atoms. The standard InChI is InChI=1S/C23H26ClN3O2/c1-25-20-8-7-18(24)15-19(20)21(28)27-14-11-23(16-27)10-13-26(22(23)29)12-9-17-5-3-2-4-6-17/h2-8,15,25H,9-14,16H2,1H3. The number of nitrogens with zero attached hydrogens (tertiary/aromatic N) is 2. The van der Waals surface area contributed by atoms with Gasteiger partial charge < -0.3 is 15.1 Å². The molecule has 2 aliphatic heterocycles. The van der Waals surface area contributed by atoms with E-state index in [1.54, 1.807) is 19.2 Å². The Labute approximate surface area is 176 Å². The van der Waals surface area contributed by atoms with Gasteiger partial charge in [-0.25, -0.2) is 0 Å². The van der Waals surface area contributed by atoms with Crippen molar-refractivity contribution >= 4 is 29.1 Å². The van der Waals surface area contributed by atoms with Crippen molar-refractivity contribution in [2.75, 3.05) is 38.5 Å². The van der Waals surface area contributed by atoms with Gasteiger partial charge in [0.1, 0.15) is 0 Å². The van der Waals surface area contributed by atoms with Crippen LogP contribution in [0.1, 0.15) is 28.8 Å². The van der Waals surface area contributed by atoms with Crippen LogP contribution in [0.15, 0.2) is 48.5 Å². The smallest absolute Gasteiger partial charge is 0.256 e. The van der Waals surface area contributed by atoms with E-state index in [1.807, 2.05) is 34.1 Å². The quantitative estimate of drug-likeness (QED) is 0.816. The molecule has 0 saturated carbocycles. The first-order chi connectivity index (χ1) is 14.0. The molecular weight excluding hydrogens is 386 g/mol. The van der Waals surface area contributed by atoms with Crippen LogP contribution < -0.4 is 5.32 Å². The van der Waals surface area contributed by atoms with E-state index in [9.17, 15) is 9.59 Å². The number of carbonyl (C=O) groups excluding carboxylic acids is 2. The van der Waals surface area contributed by atoms with Crippen molar-refractivity contribution in [3.8, 4) is 0 Å². The van der Waals surface area contributed by atoms with Gasteiger partial charge in [0.05, 0.1) is 11.0 Å². The van der Waals surface area contributed by atoms with Crippen LogP contribution in [0.2, 0.25) is 5.02 Å². The zero-order valence-corrected chi connectivity index (χ0v) is 17.4. The maximum absolute atomic E-state index is 13.2. The SMILES string of the molecule is CNc1ccc(Cl)cc1C(=O)N1CCC2(CCN(CCc3ccccc3)C2=O)C1. The molecule has 2 saturated heterocycles. The number of likely N-dealkylation sites (tertiary alicyclic amines) is 2. The van der Waals surface area contributed by atoms with E-state index in [0.717, 1.165) is 38.0 Å². The van der Waals surface area contributed by atoms with Gasteiger partial charge in [0.15, 0.2) is 0 Å². The Hall–Kier alpha value is -2.53. The van der Waals surface area contributed by atoms with Crippen LogP contribution in [0.4, 0.5) is 5.69 Å². The number of amides is 2. The van der Waals surface area contributed by atoms with E-state index in [1.165, 1.54) is 5.56 Å². The highest BCUT2D eigenvalue weighted by Crippen LogP contribution is 2.41. The summed E-state index contributed by atoms with van der Waals surface area (Å²) in [7, 11) is 1.79. The van der Waals surface area contributed by atoms with Gasteiger partial charge in [-0.15, -0.1) is 0 Å². The first-order valence-corrected chi connectivity index (χ1v) is 10.5. The van der Waals surface area contributed by atoms with Gasteiger partial charge >= 0.3 is 0 Å². The summed E-state index contributed by atoms with van der Waals surface area (Å²) < 4.78 is 0. The molecule has 0 aliphatic carbocycles. The van der Waals surface area contributed by atoms with Crippen LogP contribution in [0.25, 0.3) is 0 Å². The highest BCUT2D eigenvalue weighted by molar-refractivity contribution is 6.31. The zero-order valence-electron chi connectivity index (χ0n) is 16.7. The van der Waals surface area contributed by atoms with Crippen molar-refractivity contribution in [3.05, 3.63) is 64.7 Å². The van der Waals surface area contributed by atoms with E-state index in [4.69, 9.17) is 11.6 Å². The van der Waals surface area contributed by atoms with E-state index in [2.05, 4.69) is 17.4 Å². The second-order valence-electron chi connectivity index (χ2n) is 7.97. The minimum Gasteiger partial charge on any atom is -0.387 e. The number of halogens is 1. The van der Waals surface area contributed by atoms with Gasteiger partial charge in [-0.2, -0.15) is 0 Å². The molecule has 2 aliphatic rings. The number of rotatable bonds is 5. The molecule has 2 fully saturated rings. The maximum Gasteiger partial charge on any atom is 0.256 e. The first kappa shape index (κ1) is 19.8. The van der Waals surface area contributed by atoms with Gasteiger partial charge in [-0.1, -0.05) is 41.9 Å². The third-order valence-electron chi connectivity index (χ3n) is 6.24. The van der Waals surface area contributed by atoms with E-state index in [-0.39, 0.29) is 11.8 Å².